The molecule has 1 aliphatic rings. The molecule has 0 aliphatic carbocycles. The summed E-state index contributed by atoms with van der Waals surface area (Å²) in [5, 5.41) is 2.68. The smallest absolute Gasteiger partial charge is 0.239 e. The number of aryl methyl sites for hydroxylation is 1. The Balaban J connectivity index is 1.72. The number of halogens is 1. The third-order valence-corrected chi connectivity index (χ3v) is 4.04. The van der Waals surface area contributed by atoms with Crippen LogP contribution in [0.2, 0.25) is 0 Å². The van der Waals surface area contributed by atoms with Crippen LogP contribution in [0.5, 0.6) is 0 Å². The van der Waals surface area contributed by atoms with E-state index in [0.29, 0.717) is 18.7 Å². The van der Waals surface area contributed by atoms with Crippen LogP contribution in [0, 0.1) is 18.7 Å². The van der Waals surface area contributed by atoms with Crippen LogP contribution in [0.4, 0.5) is 15.8 Å². The Morgan fingerprint density at radius 2 is 1.87 bits per heavy atom. The van der Waals surface area contributed by atoms with Crippen molar-refractivity contribution in [3.8, 4) is 0 Å². The van der Waals surface area contributed by atoms with Crippen molar-refractivity contribution in [1.82, 2.24) is 0 Å². The third-order valence-electron chi connectivity index (χ3n) is 4.04. The number of hydrogen-bond acceptors (Lipinski definition) is 2. The van der Waals surface area contributed by atoms with E-state index in [1.807, 2.05) is 31.2 Å². The summed E-state index contributed by atoms with van der Waals surface area (Å²) in [5.41, 5.74) is 2.33. The molecule has 1 N–H and O–H groups in total. The highest BCUT2D eigenvalue weighted by molar-refractivity contribution is 6.13. The van der Waals surface area contributed by atoms with Gasteiger partial charge in [-0.25, -0.2) is 4.39 Å². The summed E-state index contributed by atoms with van der Waals surface area (Å²) in [5.74, 6) is -1.62. The number of benzene rings is 2. The van der Waals surface area contributed by atoms with Gasteiger partial charge in [0.1, 0.15) is 11.7 Å². The van der Waals surface area contributed by atoms with Gasteiger partial charge in [-0.1, -0.05) is 18.2 Å². The van der Waals surface area contributed by atoms with Gasteiger partial charge >= 0.3 is 0 Å². The first-order valence-electron chi connectivity index (χ1n) is 7.49. The standard InChI is InChI=1S/C18H17FN2O2/c1-12-4-2-3-5-16(12)21-11-10-15(18(21)23)17(22)20-14-8-6-13(19)7-9-14/h2-9,15H,10-11H2,1H3,(H,20,22). The maximum atomic E-state index is 12.9. The summed E-state index contributed by atoms with van der Waals surface area (Å²) >= 11 is 0. The molecule has 23 heavy (non-hydrogen) atoms. The Labute approximate surface area is 133 Å². The fourth-order valence-electron chi connectivity index (χ4n) is 2.79. The molecule has 1 unspecified atom stereocenters. The highest BCUT2D eigenvalue weighted by Crippen LogP contribution is 2.28. The van der Waals surface area contributed by atoms with Crippen molar-refractivity contribution in [2.24, 2.45) is 5.92 Å². The number of amides is 2. The number of nitrogens with zero attached hydrogens (tertiary/aromatic N) is 1. The summed E-state index contributed by atoms with van der Waals surface area (Å²) in [4.78, 5) is 26.5. The van der Waals surface area contributed by atoms with Crippen LogP contribution >= 0.6 is 0 Å². The molecule has 2 aromatic rings. The molecule has 5 heteroatoms. The van der Waals surface area contributed by atoms with Gasteiger partial charge in [-0.2, -0.15) is 0 Å². The number of hydrogen-bond donors (Lipinski definition) is 1. The maximum absolute atomic E-state index is 12.9. The Bertz CT molecular complexity index is 743. The highest BCUT2D eigenvalue weighted by Gasteiger charge is 2.37. The van der Waals surface area contributed by atoms with E-state index in [9.17, 15) is 14.0 Å². The zero-order valence-electron chi connectivity index (χ0n) is 12.8. The number of anilines is 2. The van der Waals surface area contributed by atoms with E-state index in [1.54, 1.807) is 4.90 Å². The lowest BCUT2D eigenvalue weighted by Gasteiger charge is -2.19. The first-order chi connectivity index (χ1) is 11.1. The van der Waals surface area contributed by atoms with Crippen molar-refractivity contribution < 1.29 is 14.0 Å². The molecule has 1 saturated heterocycles. The minimum atomic E-state index is -0.709. The minimum absolute atomic E-state index is 0.195. The Morgan fingerprint density at radius 3 is 2.57 bits per heavy atom. The molecule has 0 spiro atoms. The molecule has 0 aromatic heterocycles. The first kappa shape index (κ1) is 15.2. The molecular weight excluding hydrogens is 295 g/mol. The Hall–Kier alpha value is -2.69. The normalized spacial score (nSPS) is 17.4. The van der Waals surface area contributed by atoms with Crippen LogP contribution < -0.4 is 10.2 Å². The molecule has 1 heterocycles. The van der Waals surface area contributed by atoms with Crippen molar-refractivity contribution in [2.45, 2.75) is 13.3 Å². The summed E-state index contributed by atoms with van der Waals surface area (Å²) in [6.45, 7) is 2.46. The van der Waals surface area contributed by atoms with Crippen molar-refractivity contribution in [2.75, 3.05) is 16.8 Å². The van der Waals surface area contributed by atoms with Crippen LogP contribution in [-0.4, -0.2) is 18.4 Å². The average Bonchev–Trinajstić information content (AvgIpc) is 2.92. The van der Waals surface area contributed by atoms with Crippen LogP contribution in [0.1, 0.15) is 12.0 Å². The van der Waals surface area contributed by atoms with Gasteiger partial charge in [-0.3, -0.25) is 9.59 Å². The molecule has 1 fully saturated rings. The summed E-state index contributed by atoms with van der Waals surface area (Å²) < 4.78 is 12.9. The zero-order valence-corrected chi connectivity index (χ0v) is 12.8. The number of para-hydroxylation sites is 1. The molecule has 2 aromatic carbocycles. The van der Waals surface area contributed by atoms with Gasteiger partial charge in [-0.05, 0) is 49.2 Å². The quantitative estimate of drug-likeness (QED) is 0.885. The summed E-state index contributed by atoms with van der Waals surface area (Å²) in [7, 11) is 0. The van der Waals surface area contributed by atoms with Crippen LogP contribution in [0.3, 0.4) is 0 Å². The lowest BCUT2D eigenvalue weighted by atomic mass is 10.1. The van der Waals surface area contributed by atoms with E-state index in [4.69, 9.17) is 0 Å². The number of carbonyl (C=O) groups excluding carboxylic acids is 2. The van der Waals surface area contributed by atoms with Crippen LogP contribution in [-0.2, 0) is 9.59 Å². The molecule has 4 nitrogen and oxygen atoms in total. The molecule has 1 aliphatic heterocycles. The van der Waals surface area contributed by atoms with Gasteiger partial charge in [0.15, 0.2) is 0 Å². The van der Waals surface area contributed by atoms with Gasteiger partial charge in [0.25, 0.3) is 0 Å². The third kappa shape index (κ3) is 3.08. The molecule has 118 valence electrons. The Morgan fingerprint density at radius 1 is 1.17 bits per heavy atom. The predicted octanol–water partition coefficient (Wildman–Crippen LogP) is 3.13. The molecule has 3 rings (SSSR count). The number of nitrogens with one attached hydrogen (secondary N) is 1. The fourth-order valence-corrected chi connectivity index (χ4v) is 2.79. The zero-order chi connectivity index (χ0) is 16.4. The van der Waals surface area contributed by atoms with Gasteiger partial charge in [0.05, 0.1) is 0 Å². The van der Waals surface area contributed by atoms with E-state index in [0.717, 1.165) is 11.3 Å². The second-order valence-corrected chi connectivity index (χ2v) is 5.61. The number of rotatable bonds is 3. The van der Waals surface area contributed by atoms with Gasteiger partial charge in [0.2, 0.25) is 11.8 Å². The first-order valence-corrected chi connectivity index (χ1v) is 7.49. The number of carbonyl (C=O) groups is 2. The lowest BCUT2D eigenvalue weighted by Crippen LogP contribution is -2.33. The molecule has 0 saturated carbocycles. The van der Waals surface area contributed by atoms with E-state index < -0.39 is 5.92 Å². The Kier molecular flexibility index (Phi) is 4.10. The van der Waals surface area contributed by atoms with Crippen molar-refractivity contribution in [1.29, 1.82) is 0 Å². The van der Waals surface area contributed by atoms with E-state index in [1.165, 1.54) is 24.3 Å². The van der Waals surface area contributed by atoms with Crippen LogP contribution in [0.15, 0.2) is 48.5 Å². The highest BCUT2D eigenvalue weighted by atomic mass is 19.1. The molecule has 0 radical (unpaired) electrons. The van der Waals surface area contributed by atoms with Gasteiger partial charge in [0, 0.05) is 17.9 Å². The molecular formula is C18H17FN2O2. The average molecular weight is 312 g/mol. The minimum Gasteiger partial charge on any atom is -0.325 e. The topological polar surface area (TPSA) is 49.4 Å². The van der Waals surface area contributed by atoms with E-state index >= 15 is 0 Å². The summed E-state index contributed by atoms with van der Waals surface area (Å²) in [6.07, 6.45) is 0.472. The van der Waals surface area contributed by atoms with Crippen LogP contribution in [0.25, 0.3) is 0 Å². The van der Waals surface area contributed by atoms with Crippen molar-refractivity contribution in [3.63, 3.8) is 0 Å². The molecule has 1 atom stereocenters. The van der Waals surface area contributed by atoms with Gasteiger partial charge in [-0.15, -0.1) is 0 Å². The second-order valence-electron chi connectivity index (χ2n) is 5.61. The fraction of sp³-hybridized carbons (Fsp3) is 0.222. The lowest BCUT2D eigenvalue weighted by molar-refractivity contribution is -0.129. The maximum Gasteiger partial charge on any atom is 0.239 e. The summed E-state index contributed by atoms with van der Waals surface area (Å²) in [6, 6.07) is 13.1. The van der Waals surface area contributed by atoms with Gasteiger partial charge < -0.3 is 10.2 Å². The molecule has 2 amide bonds. The monoisotopic (exact) mass is 312 g/mol. The molecule has 0 bridgehead atoms. The predicted molar refractivity (Wildman–Crippen MR) is 86.7 cm³/mol. The van der Waals surface area contributed by atoms with E-state index in [-0.39, 0.29) is 17.6 Å². The van der Waals surface area contributed by atoms with Crippen molar-refractivity contribution >= 4 is 23.2 Å². The SMILES string of the molecule is Cc1ccccc1N1CCC(C(=O)Nc2ccc(F)cc2)C1=O. The largest absolute Gasteiger partial charge is 0.325 e. The van der Waals surface area contributed by atoms with E-state index in [2.05, 4.69) is 5.32 Å². The van der Waals surface area contributed by atoms with Crippen molar-refractivity contribution in [3.05, 3.63) is 59.9 Å². The second kappa shape index (κ2) is 6.20.